The zero-order chi connectivity index (χ0) is 15.0. The predicted octanol–water partition coefficient (Wildman–Crippen LogP) is 3.14. The Morgan fingerprint density at radius 2 is 2.10 bits per heavy atom. The molecule has 0 fully saturated rings. The van der Waals surface area contributed by atoms with Gasteiger partial charge in [0.2, 0.25) is 0 Å². The number of thiazole rings is 1. The van der Waals surface area contributed by atoms with E-state index in [4.69, 9.17) is 5.11 Å². The Labute approximate surface area is 139 Å². The van der Waals surface area contributed by atoms with Gasteiger partial charge >= 0.3 is 0 Å². The van der Waals surface area contributed by atoms with Gasteiger partial charge in [-0.3, -0.25) is 4.72 Å². The van der Waals surface area contributed by atoms with Crippen LogP contribution in [0.1, 0.15) is 28.3 Å². The molecule has 114 valence electrons. The Bertz CT molecular complexity index is 743. The van der Waals surface area contributed by atoms with Crippen molar-refractivity contribution < 1.29 is 13.5 Å². The normalized spacial score (nSPS) is 15.0. The summed E-state index contributed by atoms with van der Waals surface area (Å²) in [5.74, 6) is 0. The van der Waals surface area contributed by atoms with Gasteiger partial charge in [-0.15, -0.1) is 22.7 Å². The fourth-order valence-corrected chi connectivity index (χ4v) is 7.05. The van der Waals surface area contributed by atoms with E-state index in [1.54, 1.807) is 0 Å². The van der Waals surface area contributed by atoms with Crippen molar-refractivity contribution in [2.75, 3.05) is 4.72 Å². The number of thiophene rings is 1. The molecule has 0 aliphatic heterocycles. The van der Waals surface area contributed by atoms with Gasteiger partial charge < -0.3 is 5.11 Å². The van der Waals surface area contributed by atoms with Crippen molar-refractivity contribution in [3.05, 3.63) is 25.3 Å². The standard InChI is InChI=1S/C12H13BrN2O3S3/c13-11-10(5-7(6-16)19-11)21(17,18)15-12-14-8-3-1-2-4-9(8)20-12/h5,16H,1-4,6H2,(H,14,15). The SMILES string of the molecule is O=S(=O)(Nc1nc2c(s1)CCCC2)c1cc(CO)sc1Br. The highest BCUT2D eigenvalue weighted by Gasteiger charge is 2.23. The summed E-state index contributed by atoms with van der Waals surface area (Å²) in [5.41, 5.74) is 1.02. The summed E-state index contributed by atoms with van der Waals surface area (Å²) in [6, 6.07) is 1.48. The van der Waals surface area contributed by atoms with Gasteiger partial charge in [0.05, 0.1) is 16.1 Å². The van der Waals surface area contributed by atoms with Gasteiger partial charge in [0.1, 0.15) is 4.90 Å². The fourth-order valence-electron chi connectivity index (χ4n) is 2.22. The lowest BCUT2D eigenvalue weighted by atomic mass is 10.0. The summed E-state index contributed by atoms with van der Waals surface area (Å²) in [6.07, 6.45) is 4.14. The van der Waals surface area contributed by atoms with E-state index in [-0.39, 0.29) is 11.5 Å². The Hall–Kier alpha value is -0.480. The number of aryl methyl sites for hydroxylation is 2. The quantitative estimate of drug-likeness (QED) is 0.813. The van der Waals surface area contributed by atoms with Gasteiger partial charge in [-0.25, -0.2) is 13.4 Å². The third-order valence-electron chi connectivity index (χ3n) is 3.22. The van der Waals surface area contributed by atoms with E-state index in [0.717, 1.165) is 31.4 Å². The summed E-state index contributed by atoms with van der Waals surface area (Å²) in [6.45, 7) is -0.176. The number of nitrogens with one attached hydrogen (secondary N) is 1. The molecule has 0 amide bonds. The van der Waals surface area contributed by atoms with Crippen molar-refractivity contribution >= 4 is 53.8 Å². The van der Waals surface area contributed by atoms with Gasteiger partial charge in [-0.1, -0.05) is 0 Å². The average molecular weight is 409 g/mol. The number of hydrogen-bond donors (Lipinski definition) is 2. The number of rotatable bonds is 4. The van der Waals surface area contributed by atoms with Crippen LogP contribution in [0.25, 0.3) is 0 Å². The van der Waals surface area contributed by atoms with Crippen molar-refractivity contribution in [2.45, 2.75) is 37.2 Å². The molecule has 2 heterocycles. The summed E-state index contributed by atoms with van der Waals surface area (Å²) in [4.78, 5) is 6.31. The van der Waals surface area contributed by atoms with E-state index < -0.39 is 10.0 Å². The van der Waals surface area contributed by atoms with Crippen LogP contribution in [0.4, 0.5) is 5.13 Å². The van der Waals surface area contributed by atoms with Crippen LogP contribution in [0.2, 0.25) is 0 Å². The highest BCUT2D eigenvalue weighted by atomic mass is 79.9. The average Bonchev–Trinajstić information content (AvgIpc) is 3.00. The number of nitrogens with zero attached hydrogens (tertiary/aromatic N) is 1. The molecule has 9 heteroatoms. The van der Waals surface area contributed by atoms with Crippen LogP contribution < -0.4 is 4.72 Å². The largest absolute Gasteiger partial charge is 0.391 e. The Morgan fingerprint density at radius 3 is 2.76 bits per heavy atom. The van der Waals surface area contributed by atoms with E-state index in [9.17, 15) is 8.42 Å². The molecule has 0 spiro atoms. The number of halogens is 1. The number of hydrogen-bond acceptors (Lipinski definition) is 6. The molecule has 1 aliphatic carbocycles. The number of sulfonamides is 1. The second kappa shape index (κ2) is 5.96. The van der Waals surface area contributed by atoms with Gasteiger partial charge in [0.25, 0.3) is 10.0 Å². The lowest BCUT2D eigenvalue weighted by molar-refractivity contribution is 0.285. The summed E-state index contributed by atoms with van der Waals surface area (Å²) >= 11 is 5.86. The van der Waals surface area contributed by atoms with Crippen LogP contribution in [0.3, 0.4) is 0 Å². The molecule has 2 N–H and O–H groups in total. The molecule has 0 aromatic carbocycles. The molecule has 5 nitrogen and oxygen atoms in total. The molecule has 1 aliphatic rings. The van der Waals surface area contributed by atoms with Gasteiger partial charge in [-0.05, 0) is 47.7 Å². The third-order valence-corrected chi connectivity index (χ3v) is 8.00. The van der Waals surface area contributed by atoms with E-state index >= 15 is 0 Å². The fraction of sp³-hybridized carbons (Fsp3) is 0.417. The molecule has 0 saturated heterocycles. The third kappa shape index (κ3) is 3.16. The first-order chi connectivity index (χ1) is 9.99. The Morgan fingerprint density at radius 1 is 1.33 bits per heavy atom. The van der Waals surface area contributed by atoms with Crippen molar-refractivity contribution in [2.24, 2.45) is 0 Å². The van der Waals surface area contributed by atoms with E-state index in [1.165, 1.54) is 33.6 Å². The van der Waals surface area contributed by atoms with Crippen molar-refractivity contribution in [1.82, 2.24) is 4.98 Å². The molecule has 0 bridgehead atoms. The van der Waals surface area contributed by atoms with Crippen LogP contribution >= 0.6 is 38.6 Å². The van der Waals surface area contributed by atoms with Crippen LogP contribution in [0.15, 0.2) is 14.7 Å². The van der Waals surface area contributed by atoms with Crippen LogP contribution in [0.5, 0.6) is 0 Å². The second-order valence-corrected chi connectivity index (χ2v) is 9.90. The molecule has 0 radical (unpaired) electrons. The van der Waals surface area contributed by atoms with E-state index in [2.05, 4.69) is 25.6 Å². The predicted molar refractivity (Wildman–Crippen MR) is 87.5 cm³/mol. The molecule has 0 unspecified atom stereocenters. The number of fused-ring (bicyclic) bond motifs is 1. The molecule has 2 aromatic heterocycles. The van der Waals surface area contributed by atoms with Crippen LogP contribution in [-0.4, -0.2) is 18.5 Å². The highest BCUT2D eigenvalue weighted by molar-refractivity contribution is 9.11. The zero-order valence-corrected chi connectivity index (χ0v) is 15.0. The van der Waals surface area contributed by atoms with E-state index in [1.807, 2.05) is 0 Å². The van der Waals surface area contributed by atoms with Crippen molar-refractivity contribution in [3.63, 3.8) is 0 Å². The molecule has 0 atom stereocenters. The summed E-state index contributed by atoms with van der Waals surface area (Å²) in [5, 5.41) is 9.53. The van der Waals surface area contributed by atoms with Gasteiger partial charge in [-0.2, -0.15) is 0 Å². The topological polar surface area (TPSA) is 79.3 Å². The number of aliphatic hydroxyl groups is 1. The molecule has 21 heavy (non-hydrogen) atoms. The maximum absolute atomic E-state index is 12.4. The lowest BCUT2D eigenvalue weighted by Gasteiger charge is -2.06. The minimum absolute atomic E-state index is 0.143. The first-order valence-electron chi connectivity index (χ1n) is 6.40. The van der Waals surface area contributed by atoms with E-state index in [0.29, 0.717) is 13.8 Å². The first-order valence-corrected chi connectivity index (χ1v) is 10.3. The lowest BCUT2D eigenvalue weighted by Crippen LogP contribution is -2.12. The number of aliphatic hydroxyl groups excluding tert-OH is 1. The Kier molecular flexibility index (Phi) is 4.37. The highest BCUT2D eigenvalue weighted by Crippen LogP contribution is 2.35. The summed E-state index contributed by atoms with van der Waals surface area (Å²) < 4.78 is 27.9. The minimum atomic E-state index is -3.68. The molecule has 3 rings (SSSR count). The monoisotopic (exact) mass is 408 g/mol. The van der Waals surface area contributed by atoms with Crippen molar-refractivity contribution in [1.29, 1.82) is 0 Å². The summed E-state index contributed by atoms with van der Waals surface area (Å²) in [7, 11) is -3.68. The maximum Gasteiger partial charge on any atom is 0.265 e. The first kappa shape index (κ1) is 15.4. The van der Waals surface area contributed by atoms with Crippen LogP contribution in [0, 0.1) is 0 Å². The second-order valence-electron chi connectivity index (χ2n) is 4.71. The molecular weight excluding hydrogens is 396 g/mol. The Balaban J connectivity index is 1.88. The van der Waals surface area contributed by atoms with Crippen LogP contribution in [-0.2, 0) is 29.5 Å². The minimum Gasteiger partial charge on any atom is -0.391 e. The maximum atomic E-state index is 12.4. The van der Waals surface area contributed by atoms with Gasteiger partial charge in [0, 0.05) is 9.75 Å². The molecule has 0 saturated carbocycles. The molecule has 2 aromatic rings. The zero-order valence-electron chi connectivity index (χ0n) is 10.9. The number of aromatic nitrogens is 1. The van der Waals surface area contributed by atoms with Crippen molar-refractivity contribution in [3.8, 4) is 0 Å². The molecular formula is C12H13BrN2O3S3. The van der Waals surface area contributed by atoms with Gasteiger partial charge in [0.15, 0.2) is 5.13 Å². The number of anilines is 1. The smallest absolute Gasteiger partial charge is 0.265 e.